The van der Waals surface area contributed by atoms with Gasteiger partial charge in [0, 0.05) is 29.4 Å². The van der Waals surface area contributed by atoms with Gasteiger partial charge in [0.1, 0.15) is 4.83 Å². The molecule has 0 aliphatic rings. The first-order valence-corrected chi connectivity index (χ1v) is 10.8. The third-order valence-electron chi connectivity index (χ3n) is 3.79. The van der Waals surface area contributed by atoms with E-state index in [0.717, 1.165) is 22.2 Å². The first kappa shape index (κ1) is 19.6. The van der Waals surface area contributed by atoms with E-state index < -0.39 is 17.2 Å². The van der Waals surface area contributed by atoms with Crippen molar-refractivity contribution in [2.45, 2.75) is 24.3 Å². The molecule has 3 rings (SSSR count). The molecule has 3 heterocycles. The summed E-state index contributed by atoms with van der Waals surface area (Å²) in [5.41, 5.74) is 0.736. The van der Waals surface area contributed by atoms with Crippen molar-refractivity contribution in [3.63, 3.8) is 0 Å². The highest BCUT2D eigenvalue weighted by Gasteiger charge is 2.21. The molecular formula is C17H18N4O3S3. The van der Waals surface area contributed by atoms with Gasteiger partial charge in [-0.1, -0.05) is 17.8 Å². The lowest BCUT2D eigenvalue weighted by Crippen LogP contribution is -2.42. The summed E-state index contributed by atoms with van der Waals surface area (Å²) in [6, 6.07) is 3.38. The van der Waals surface area contributed by atoms with Crippen molar-refractivity contribution in [1.82, 2.24) is 20.2 Å². The number of carbonyl (C=O) groups is 2. The van der Waals surface area contributed by atoms with E-state index in [0.29, 0.717) is 21.9 Å². The molecule has 3 aromatic heterocycles. The van der Waals surface area contributed by atoms with Crippen LogP contribution in [-0.4, -0.2) is 33.3 Å². The third kappa shape index (κ3) is 4.07. The molecule has 3 amide bonds. The van der Waals surface area contributed by atoms with Gasteiger partial charge in [-0.2, -0.15) is 0 Å². The molecule has 0 bridgehead atoms. The summed E-state index contributed by atoms with van der Waals surface area (Å²) >= 11 is 4.12. The lowest BCUT2D eigenvalue weighted by molar-refractivity contribution is -0.119. The normalized spacial score (nSPS) is 12.1. The fourth-order valence-electron chi connectivity index (χ4n) is 2.40. The van der Waals surface area contributed by atoms with Gasteiger partial charge in [0.2, 0.25) is 5.91 Å². The van der Waals surface area contributed by atoms with E-state index in [4.69, 9.17) is 0 Å². The zero-order valence-corrected chi connectivity index (χ0v) is 17.4. The fourth-order valence-corrected chi connectivity index (χ4v) is 5.08. The van der Waals surface area contributed by atoms with Gasteiger partial charge in [-0.3, -0.25) is 19.5 Å². The molecule has 7 nitrogen and oxygen atoms in total. The van der Waals surface area contributed by atoms with Gasteiger partial charge < -0.3 is 5.32 Å². The van der Waals surface area contributed by atoms with Crippen molar-refractivity contribution in [3.8, 4) is 10.4 Å². The minimum atomic E-state index is -0.583. The molecule has 142 valence electrons. The first-order valence-electron chi connectivity index (χ1n) is 8.19. The van der Waals surface area contributed by atoms with Crippen molar-refractivity contribution in [2.24, 2.45) is 7.05 Å². The maximum absolute atomic E-state index is 12.9. The summed E-state index contributed by atoms with van der Waals surface area (Å²) < 4.78 is 1.45. The number of amides is 3. The number of carbonyl (C=O) groups excluding carboxylic acids is 2. The molecule has 10 heteroatoms. The zero-order chi connectivity index (χ0) is 19.6. The number of fused-ring (bicyclic) bond motifs is 1. The predicted octanol–water partition coefficient (Wildman–Crippen LogP) is 3.05. The average Bonchev–Trinajstić information content (AvgIpc) is 3.28. The molecule has 1 atom stereocenters. The van der Waals surface area contributed by atoms with Crippen LogP contribution in [0, 0.1) is 0 Å². The Kier molecular flexibility index (Phi) is 5.98. The molecular weight excluding hydrogens is 404 g/mol. The zero-order valence-electron chi connectivity index (χ0n) is 14.9. The number of rotatable bonds is 5. The Morgan fingerprint density at radius 3 is 2.81 bits per heavy atom. The van der Waals surface area contributed by atoms with Crippen LogP contribution in [0.15, 0.2) is 32.8 Å². The highest BCUT2D eigenvalue weighted by Crippen LogP contribution is 2.34. The van der Waals surface area contributed by atoms with Gasteiger partial charge >= 0.3 is 6.03 Å². The van der Waals surface area contributed by atoms with Crippen LogP contribution in [0.3, 0.4) is 0 Å². The molecule has 3 aromatic rings. The lowest BCUT2D eigenvalue weighted by atomic mass is 10.2. The highest BCUT2D eigenvalue weighted by atomic mass is 32.2. The van der Waals surface area contributed by atoms with Crippen molar-refractivity contribution < 1.29 is 9.59 Å². The topological polar surface area (TPSA) is 93.1 Å². The Bertz CT molecular complexity index is 1040. The summed E-state index contributed by atoms with van der Waals surface area (Å²) in [6.45, 7) is 3.86. The smallest absolute Gasteiger partial charge is 0.321 e. The summed E-state index contributed by atoms with van der Waals surface area (Å²) in [5.74, 6) is -0.439. The molecule has 0 aromatic carbocycles. The number of nitrogens with one attached hydrogen (secondary N) is 2. The van der Waals surface area contributed by atoms with Crippen molar-refractivity contribution in [3.05, 3.63) is 33.2 Å². The third-order valence-corrected chi connectivity index (χ3v) is 6.71. The van der Waals surface area contributed by atoms with Crippen LogP contribution in [0.4, 0.5) is 4.79 Å². The van der Waals surface area contributed by atoms with Crippen molar-refractivity contribution >= 4 is 56.6 Å². The summed E-state index contributed by atoms with van der Waals surface area (Å²) in [5, 5.41) is 9.13. The second-order valence-corrected chi connectivity index (χ2v) is 8.79. The van der Waals surface area contributed by atoms with Crippen molar-refractivity contribution in [1.29, 1.82) is 0 Å². The molecule has 0 aliphatic carbocycles. The maximum atomic E-state index is 12.9. The minimum Gasteiger partial charge on any atom is -0.338 e. The van der Waals surface area contributed by atoms with Crippen LogP contribution >= 0.6 is 34.4 Å². The number of thioether (sulfide) groups is 1. The first-order chi connectivity index (χ1) is 12.9. The number of urea groups is 1. The van der Waals surface area contributed by atoms with Gasteiger partial charge in [0.05, 0.1) is 10.6 Å². The Labute approximate surface area is 167 Å². The van der Waals surface area contributed by atoms with Crippen molar-refractivity contribution in [2.75, 3.05) is 6.54 Å². The lowest BCUT2D eigenvalue weighted by Gasteiger charge is -2.13. The SMILES string of the molecule is CCNC(=O)NC(=O)C(C)Sc1nc2scc(-c3cccs3)c2c(=O)n1C. The van der Waals surface area contributed by atoms with Gasteiger partial charge in [0.15, 0.2) is 5.16 Å². The predicted molar refractivity (Wildman–Crippen MR) is 111 cm³/mol. The standard InChI is InChI=1S/C17H18N4O3S3/c1-4-18-16(24)19-13(22)9(2)27-17-20-14-12(15(23)21(17)3)10(8-26-14)11-6-5-7-25-11/h5-9H,4H2,1-3H3,(H2,18,19,22,24). The molecule has 27 heavy (non-hydrogen) atoms. The number of hydrogen-bond donors (Lipinski definition) is 2. The van der Waals surface area contributed by atoms with Crippen LogP contribution < -0.4 is 16.2 Å². The van der Waals surface area contributed by atoms with Gasteiger partial charge in [-0.05, 0) is 25.3 Å². The van der Waals surface area contributed by atoms with Crippen LogP contribution in [0.2, 0.25) is 0 Å². The highest BCUT2D eigenvalue weighted by molar-refractivity contribution is 8.00. The van der Waals surface area contributed by atoms with E-state index in [-0.39, 0.29) is 5.56 Å². The van der Waals surface area contributed by atoms with Gasteiger partial charge in [0.25, 0.3) is 5.56 Å². The van der Waals surface area contributed by atoms with E-state index >= 15 is 0 Å². The molecule has 0 spiro atoms. The minimum absolute atomic E-state index is 0.150. The summed E-state index contributed by atoms with van der Waals surface area (Å²) in [7, 11) is 1.64. The molecule has 2 N–H and O–H groups in total. The Morgan fingerprint density at radius 1 is 1.37 bits per heavy atom. The molecule has 0 saturated carbocycles. The fraction of sp³-hybridized carbons (Fsp3) is 0.294. The van der Waals surface area contributed by atoms with Crippen LogP contribution in [0.1, 0.15) is 13.8 Å². The average molecular weight is 423 g/mol. The van der Waals surface area contributed by atoms with Crippen LogP contribution in [0.25, 0.3) is 20.7 Å². The second-order valence-electron chi connectivity index (χ2n) is 5.67. The largest absolute Gasteiger partial charge is 0.338 e. The number of thiophene rings is 2. The maximum Gasteiger partial charge on any atom is 0.321 e. The van der Waals surface area contributed by atoms with E-state index in [1.165, 1.54) is 15.9 Å². The number of aromatic nitrogens is 2. The molecule has 0 saturated heterocycles. The molecule has 0 fully saturated rings. The Balaban J connectivity index is 1.88. The van der Waals surface area contributed by atoms with E-state index in [2.05, 4.69) is 15.6 Å². The summed E-state index contributed by atoms with van der Waals surface area (Å²) in [4.78, 5) is 42.8. The van der Waals surface area contributed by atoms with E-state index in [1.54, 1.807) is 32.2 Å². The van der Waals surface area contributed by atoms with E-state index in [1.807, 2.05) is 22.9 Å². The Hall–Kier alpha value is -2.17. The molecule has 0 radical (unpaired) electrons. The monoisotopic (exact) mass is 422 g/mol. The van der Waals surface area contributed by atoms with Gasteiger partial charge in [-0.25, -0.2) is 9.78 Å². The van der Waals surface area contributed by atoms with Crippen LogP contribution in [0.5, 0.6) is 0 Å². The second kappa shape index (κ2) is 8.24. The molecule has 0 aliphatic heterocycles. The number of nitrogens with zero attached hydrogens (tertiary/aromatic N) is 2. The Morgan fingerprint density at radius 2 is 2.15 bits per heavy atom. The number of imide groups is 1. The van der Waals surface area contributed by atoms with Crippen LogP contribution in [-0.2, 0) is 11.8 Å². The summed E-state index contributed by atoms with van der Waals surface area (Å²) in [6.07, 6.45) is 0. The quantitative estimate of drug-likeness (QED) is 0.487. The number of hydrogen-bond acceptors (Lipinski definition) is 7. The molecule has 1 unspecified atom stereocenters. The van der Waals surface area contributed by atoms with Gasteiger partial charge in [-0.15, -0.1) is 22.7 Å². The van der Waals surface area contributed by atoms with E-state index in [9.17, 15) is 14.4 Å².